The molecule has 0 radical (unpaired) electrons. The van der Waals surface area contributed by atoms with Crippen LogP contribution in [0, 0.1) is 12.7 Å². The van der Waals surface area contributed by atoms with E-state index in [4.69, 9.17) is 9.47 Å². The summed E-state index contributed by atoms with van der Waals surface area (Å²) in [6.07, 6.45) is -0.576. The van der Waals surface area contributed by atoms with Gasteiger partial charge in [-0.2, -0.15) is 0 Å². The fourth-order valence-electron chi connectivity index (χ4n) is 1.87. The average Bonchev–Trinajstić information content (AvgIpc) is 2.40. The molecule has 0 aliphatic rings. The van der Waals surface area contributed by atoms with E-state index in [9.17, 15) is 9.18 Å². The fourth-order valence-corrected chi connectivity index (χ4v) is 1.87. The monoisotopic (exact) mass is 266 g/mol. The van der Waals surface area contributed by atoms with Crippen LogP contribution < -0.4 is 5.56 Å². The lowest BCUT2D eigenvalue weighted by Crippen LogP contribution is -2.28. The molecule has 0 aliphatic heterocycles. The zero-order chi connectivity index (χ0) is 14.0. The molecule has 0 aliphatic carbocycles. The number of aromatic nitrogens is 2. The molecule has 2 heterocycles. The van der Waals surface area contributed by atoms with Gasteiger partial charge >= 0.3 is 0 Å². The largest absolute Gasteiger partial charge is 0.354 e. The molecule has 0 saturated heterocycles. The normalized spacial score (nSPS) is 11.4. The summed E-state index contributed by atoms with van der Waals surface area (Å²) in [6.45, 7) is 1.75. The van der Waals surface area contributed by atoms with Crippen molar-refractivity contribution in [1.82, 2.24) is 9.55 Å². The molecule has 2 aromatic rings. The van der Waals surface area contributed by atoms with Crippen molar-refractivity contribution in [2.24, 2.45) is 0 Å². The minimum atomic E-state index is -0.576. The molecule has 19 heavy (non-hydrogen) atoms. The van der Waals surface area contributed by atoms with Gasteiger partial charge in [-0.25, -0.2) is 9.37 Å². The Morgan fingerprint density at radius 3 is 2.68 bits per heavy atom. The number of pyridine rings is 2. The second-order valence-electron chi connectivity index (χ2n) is 4.14. The zero-order valence-corrected chi connectivity index (χ0v) is 11.0. The van der Waals surface area contributed by atoms with Crippen molar-refractivity contribution in [3.05, 3.63) is 40.1 Å². The lowest BCUT2D eigenvalue weighted by Gasteiger charge is -2.16. The zero-order valence-electron chi connectivity index (χ0n) is 11.0. The molecule has 2 rings (SSSR count). The molecule has 0 aromatic carbocycles. The van der Waals surface area contributed by atoms with Crippen LogP contribution in [0.1, 0.15) is 5.69 Å². The molecule has 102 valence electrons. The minimum absolute atomic E-state index is 0.174. The van der Waals surface area contributed by atoms with Crippen LogP contribution in [0.25, 0.3) is 11.0 Å². The predicted molar refractivity (Wildman–Crippen MR) is 68.5 cm³/mol. The van der Waals surface area contributed by atoms with Crippen molar-refractivity contribution in [2.45, 2.75) is 19.8 Å². The number of nitrogens with zero attached hydrogens (tertiary/aromatic N) is 2. The van der Waals surface area contributed by atoms with Gasteiger partial charge in [-0.3, -0.25) is 4.79 Å². The van der Waals surface area contributed by atoms with Crippen LogP contribution in [0.4, 0.5) is 4.39 Å². The third-order valence-corrected chi connectivity index (χ3v) is 2.96. The van der Waals surface area contributed by atoms with Gasteiger partial charge in [0.15, 0.2) is 6.29 Å². The molecule has 0 fully saturated rings. The van der Waals surface area contributed by atoms with E-state index in [2.05, 4.69) is 4.98 Å². The standard InChI is InChI=1S/C13H15FN2O3/c1-8-9(14)6-11-10(15-8)4-5-12(17)16(11)7-13(18-2)19-3/h4-6,13H,7H2,1-3H3. The number of methoxy groups -OCH3 is 2. The highest BCUT2D eigenvalue weighted by Gasteiger charge is 2.12. The summed E-state index contributed by atoms with van der Waals surface area (Å²) in [5.74, 6) is -0.446. The molecule has 2 aromatic heterocycles. The Morgan fingerprint density at radius 2 is 2.05 bits per heavy atom. The summed E-state index contributed by atoms with van der Waals surface area (Å²) in [4.78, 5) is 16.0. The summed E-state index contributed by atoms with van der Waals surface area (Å²) < 4.78 is 25.1. The van der Waals surface area contributed by atoms with Crippen LogP contribution in [0.3, 0.4) is 0 Å². The molecule has 0 bridgehead atoms. The van der Waals surface area contributed by atoms with Gasteiger partial charge in [0.25, 0.3) is 5.56 Å². The Morgan fingerprint density at radius 1 is 1.37 bits per heavy atom. The van der Waals surface area contributed by atoms with Crippen molar-refractivity contribution in [3.8, 4) is 0 Å². The molecule has 6 heteroatoms. The first-order valence-electron chi connectivity index (χ1n) is 5.79. The maximum absolute atomic E-state index is 13.6. The summed E-state index contributed by atoms with van der Waals surface area (Å²) in [7, 11) is 2.96. The predicted octanol–water partition coefficient (Wildman–Crippen LogP) is 1.46. The molecule has 0 atom stereocenters. The number of aryl methyl sites for hydroxylation is 1. The highest BCUT2D eigenvalue weighted by Crippen LogP contribution is 2.14. The Bertz CT molecular complexity index is 650. The van der Waals surface area contributed by atoms with Crippen molar-refractivity contribution in [3.63, 3.8) is 0 Å². The van der Waals surface area contributed by atoms with Crippen molar-refractivity contribution in [2.75, 3.05) is 14.2 Å². The molecule has 0 saturated carbocycles. The molecular weight excluding hydrogens is 251 g/mol. The van der Waals surface area contributed by atoms with Crippen molar-refractivity contribution < 1.29 is 13.9 Å². The lowest BCUT2D eigenvalue weighted by atomic mass is 10.2. The van der Waals surface area contributed by atoms with Crippen LogP contribution in [0.2, 0.25) is 0 Å². The molecule has 0 unspecified atom stereocenters. The summed E-state index contributed by atoms with van der Waals surface area (Å²) in [5, 5.41) is 0. The van der Waals surface area contributed by atoms with Gasteiger partial charge in [0.1, 0.15) is 5.82 Å². The summed E-state index contributed by atoms with van der Waals surface area (Å²) in [6, 6.07) is 4.28. The maximum atomic E-state index is 13.6. The van der Waals surface area contributed by atoms with Gasteiger partial charge in [-0.05, 0) is 13.0 Å². The smallest absolute Gasteiger partial charge is 0.251 e. The first-order chi connectivity index (χ1) is 9.06. The third-order valence-electron chi connectivity index (χ3n) is 2.96. The van der Waals surface area contributed by atoms with E-state index in [0.29, 0.717) is 16.7 Å². The highest BCUT2D eigenvalue weighted by molar-refractivity contribution is 5.74. The summed E-state index contributed by atoms with van der Waals surface area (Å²) in [5.41, 5.74) is 1.03. The van der Waals surface area contributed by atoms with Gasteiger partial charge in [0, 0.05) is 26.4 Å². The van der Waals surface area contributed by atoms with Gasteiger partial charge < -0.3 is 14.0 Å². The van der Waals surface area contributed by atoms with Gasteiger partial charge in [0.2, 0.25) is 0 Å². The summed E-state index contributed by atoms with van der Waals surface area (Å²) >= 11 is 0. The Kier molecular flexibility index (Phi) is 3.92. The van der Waals surface area contributed by atoms with E-state index in [0.717, 1.165) is 0 Å². The fraction of sp³-hybridized carbons (Fsp3) is 0.385. The van der Waals surface area contributed by atoms with Crippen LogP contribution >= 0.6 is 0 Å². The molecule has 0 spiro atoms. The first kappa shape index (κ1) is 13.6. The van der Waals surface area contributed by atoms with Crippen LogP contribution in [-0.4, -0.2) is 30.1 Å². The number of hydrogen-bond acceptors (Lipinski definition) is 4. The van der Waals surface area contributed by atoms with Crippen LogP contribution in [-0.2, 0) is 16.0 Å². The third kappa shape index (κ3) is 2.64. The molecular formula is C13H15FN2O3. The Hall–Kier alpha value is -1.79. The molecule has 0 N–H and O–H groups in total. The van der Waals surface area contributed by atoms with E-state index >= 15 is 0 Å². The Labute approximate surface area is 109 Å². The van der Waals surface area contributed by atoms with E-state index in [-0.39, 0.29) is 12.1 Å². The van der Waals surface area contributed by atoms with E-state index in [1.165, 1.54) is 30.9 Å². The van der Waals surface area contributed by atoms with Crippen LogP contribution in [0.5, 0.6) is 0 Å². The van der Waals surface area contributed by atoms with E-state index in [1.54, 1.807) is 13.0 Å². The molecule has 0 amide bonds. The quantitative estimate of drug-likeness (QED) is 0.786. The minimum Gasteiger partial charge on any atom is -0.354 e. The number of ether oxygens (including phenoxy) is 2. The number of halogens is 1. The van der Waals surface area contributed by atoms with Crippen LogP contribution in [0.15, 0.2) is 23.0 Å². The SMILES string of the molecule is COC(Cn1c(=O)ccc2nc(C)c(F)cc21)OC. The highest BCUT2D eigenvalue weighted by atomic mass is 19.1. The lowest BCUT2D eigenvalue weighted by molar-refractivity contribution is -0.110. The number of hydrogen-bond donors (Lipinski definition) is 0. The Balaban J connectivity index is 2.61. The van der Waals surface area contributed by atoms with E-state index in [1.807, 2.05) is 0 Å². The first-order valence-corrected chi connectivity index (χ1v) is 5.79. The van der Waals surface area contributed by atoms with Gasteiger partial charge in [-0.1, -0.05) is 0 Å². The van der Waals surface area contributed by atoms with Gasteiger partial charge in [0.05, 0.1) is 23.3 Å². The van der Waals surface area contributed by atoms with Crippen molar-refractivity contribution >= 4 is 11.0 Å². The van der Waals surface area contributed by atoms with E-state index < -0.39 is 12.1 Å². The number of fused-ring (bicyclic) bond motifs is 1. The second-order valence-corrected chi connectivity index (χ2v) is 4.14. The second kappa shape index (κ2) is 5.46. The van der Waals surface area contributed by atoms with Gasteiger partial charge in [-0.15, -0.1) is 0 Å². The topological polar surface area (TPSA) is 53.4 Å². The average molecular weight is 266 g/mol. The van der Waals surface area contributed by atoms with Crippen molar-refractivity contribution in [1.29, 1.82) is 0 Å². The maximum Gasteiger partial charge on any atom is 0.251 e. The molecule has 5 nitrogen and oxygen atoms in total. The number of rotatable bonds is 4.